The number of aliphatic hydroxyl groups is 1. The molecule has 7 nitrogen and oxygen atoms in total. The fourth-order valence-corrected chi connectivity index (χ4v) is 10.1. The van der Waals surface area contributed by atoms with E-state index in [4.69, 9.17) is 16.3 Å². The Morgan fingerprint density at radius 3 is 2.75 bits per heavy atom. The number of aryl methyl sites for hydroxylation is 1. The number of carbonyl (C=O) groups is 1. The normalized spacial score (nSPS) is 34.0. The van der Waals surface area contributed by atoms with Crippen molar-refractivity contribution in [2.45, 2.75) is 81.5 Å². The molecule has 2 N–H and O–H groups in total. The van der Waals surface area contributed by atoms with Crippen LogP contribution in [0, 0.1) is 23.7 Å². The Morgan fingerprint density at radius 1 is 1.14 bits per heavy atom. The third-order valence-electron chi connectivity index (χ3n) is 11.0. The zero-order valence-corrected chi connectivity index (χ0v) is 27.0. The van der Waals surface area contributed by atoms with E-state index in [1.54, 1.807) is 12.1 Å². The van der Waals surface area contributed by atoms with E-state index < -0.39 is 27.3 Å². The summed E-state index contributed by atoms with van der Waals surface area (Å²) in [4.78, 5) is 15.9. The minimum Gasteiger partial charge on any atom is -0.490 e. The van der Waals surface area contributed by atoms with E-state index in [-0.39, 0.29) is 23.2 Å². The van der Waals surface area contributed by atoms with Gasteiger partial charge < -0.3 is 14.7 Å². The molecule has 2 heterocycles. The quantitative estimate of drug-likeness (QED) is 0.391. The van der Waals surface area contributed by atoms with E-state index in [2.05, 4.69) is 21.8 Å². The Morgan fingerprint density at radius 2 is 1.98 bits per heavy atom. The molecule has 9 heteroatoms. The molecule has 0 saturated heterocycles. The number of halogens is 1. The van der Waals surface area contributed by atoms with Gasteiger partial charge >= 0.3 is 0 Å². The van der Waals surface area contributed by atoms with Crippen LogP contribution in [0.1, 0.15) is 79.8 Å². The van der Waals surface area contributed by atoms with E-state index >= 15 is 0 Å². The van der Waals surface area contributed by atoms with E-state index in [9.17, 15) is 18.3 Å². The highest BCUT2D eigenvalue weighted by Gasteiger charge is 2.44. The highest BCUT2D eigenvalue weighted by atomic mass is 35.5. The van der Waals surface area contributed by atoms with Crippen LogP contribution in [0.5, 0.6) is 5.75 Å². The number of nitrogens with zero attached hydrogens (tertiary/aromatic N) is 1. The number of allylic oxidation sites excluding steroid dienone is 1. The molecule has 2 aromatic rings. The number of aliphatic hydroxyl groups excluding tert-OH is 1. The number of carbonyl (C=O) groups excluding carboxylic acids is 1. The van der Waals surface area contributed by atoms with Gasteiger partial charge in [-0.2, -0.15) is 0 Å². The lowest BCUT2D eigenvalue weighted by atomic mass is 9.68. The minimum atomic E-state index is -3.93. The molecule has 1 amide bonds. The van der Waals surface area contributed by atoms with E-state index in [0.717, 1.165) is 62.2 Å². The van der Waals surface area contributed by atoms with Gasteiger partial charge in [0.25, 0.3) is 5.91 Å². The molecular formula is C35H43ClN2O5S. The molecule has 236 valence electrons. The van der Waals surface area contributed by atoms with Gasteiger partial charge in [0.1, 0.15) is 5.75 Å². The van der Waals surface area contributed by atoms with E-state index in [1.807, 2.05) is 31.2 Å². The highest BCUT2D eigenvalue weighted by molar-refractivity contribution is 7.90. The van der Waals surface area contributed by atoms with Crippen LogP contribution in [0.15, 0.2) is 48.6 Å². The largest absolute Gasteiger partial charge is 0.490 e. The van der Waals surface area contributed by atoms with Gasteiger partial charge in [-0.1, -0.05) is 49.6 Å². The highest BCUT2D eigenvalue weighted by Crippen LogP contribution is 2.47. The molecule has 5 unspecified atom stereocenters. The maximum absolute atomic E-state index is 13.7. The average Bonchev–Trinajstić information content (AvgIpc) is 3.81. The van der Waals surface area contributed by atoms with Gasteiger partial charge in [0.15, 0.2) is 0 Å². The number of amides is 1. The van der Waals surface area contributed by atoms with Crippen LogP contribution in [0.2, 0.25) is 5.02 Å². The Hall–Kier alpha value is -2.55. The standard InChI is InChI=1S/C35H43ClN2O5S/c1-22-4-2-6-31(39)28-12-9-26(28)19-38-20-35(15-3-5-24-17-27(36)11-13-29(24)35)21-43-32-14-10-25(18-30(32)38)34(40)37-44(41,42)33(22)16-23-7-8-23/h2,6,10-11,13-14,17-18,22-23,26,28,31,33,39H,3-5,7-9,12,15-16,19-21H2,1H3,(H,37,40)/b6-2+/t22?,26?,28?,31?,33?,35-/m0/s1. The number of fused-ring (bicyclic) bond motifs is 4. The molecule has 3 aliphatic carbocycles. The predicted molar refractivity (Wildman–Crippen MR) is 173 cm³/mol. The van der Waals surface area contributed by atoms with Gasteiger partial charge in [-0.15, -0.1) is 0 Å². The first-order chi connectivity index (χ1) is 21.1. The summed E-state index contributed by atoms with van der Waals surface area (Å²) >= 11 is 6.41. The van der Waals surface area contributed by atoms with Crippen LogP contribution >= 0.6 is 11.6 Å². The summed E-state index contributed by atoms with van der Waals surface area (Å²) in [7, 11) is -3.93. The third-order valence-corrected chi connectivity index (χ3v) is 13.2. The summed E-state index contributed by atoms with van der Waals surface area (Å²) in [5.41, 5.74) is 3.38. The van der Waals surface area contributed by atoms with Crippen LogP contribution in [-0.2, 0) is 21.9 Å². The molecule has 7 rings (SSSR count). The maximum atomic E-state index is 13.7. The van der Waals surface area contributed by atoms with Crippen molar-refractivity contribution in [1.82, 2.24) is 4.72 Å². The number of nitrogens with one attached hydrogen (secondary N) is 1. The Labute approximate surface area is 266 Å². The van der Waals surface area contributed by atoms with Crippen molar-refractivity contribution in [3.05, 3.63) is 70.3 Å². The smallest absolute Gasteiger partial charge is 0.264 e. The Bertz CT molecular complexity index is 1570. The number of sulfonamides is 1. The molecule has 5 aliphatic rings. The van der Waals surface area contributed by atoms with Gasteiger partial charge in [-0.3, -0.25) is 4.79 Å². The second-order valence-electron chi connectivity index (χ2n) is 14.1. The monoisotopic (exact) mass is 638 g/mol. The van der Waals surface area contributed by atoms with Gasteiger partial charge in [0.05, 0.1) is 23.6 Å². The molecule has 2 aliphatic heterocycles. The van der Waals surface area contributed by atoms with Crippen molar-refractivity contribution in [3.8, 4) is 5.75 Å². The molecule has 2 fully saturated rings. The number of ether oxygens (including phenoxy) is 1. The summed E-state index contributed by atoms with van der Waals surface area (Å²) in [6.45, 7) is 3.87. The van der Waals surface area contributed by atoms with Gasteiger partial charge in [-0.25, -0.2) is 13.1 Å². The van der Waals surface area contributed by atoms with Crippen LogP contribution in [-0.4, -0.2) is 50.5 Å². The lowest BCUT2D eigenvalue weighted by Crippen LogP contribution is -2.49. The summed E-state index contributed by atoms with van der Waals surface area (Å²) in [6.07, 6.45) is 11.4. The number of hydrogen-bond acceptors (Lipinski definition) is 6. The molecular weight excluding hydrogens is 596 g/mol. The van der Waals surface area contributed by atoms with Crippen molar-refractivity contribution in [2.24, 2.45) is 23.7 Å². The summed E-state index contributed by atoms with van der Waals surface area (Å²) < 4.78 is 36.4. The average molecular weight is 639 g/mol. The van der Waals surface area contributed by atoms with Crippen molar-refractivity contribution in [1.29, 1.82) is 0 Å². The molecule has 1 spiro atoms. The first kappa shape index (κ1) is 30.1. The lowest BCUT2D eigenvalue weighted by molar-refractivity contribution is 0.0455. The van der Waals surface area contributed by atoms with Gasteiger partial charge in [0.2, 0.25) is 10.0 Å². The molecule has 2 saturated carbocycles. The molecule has 44 heavy (non-hydrogen) atoms. The number of benzene rings is 2. The van der Waals surface area contributed by atoms with Crippen LogP contribution in [0.3, 0.4) is 0 Å². The third kappa shape index (κ3) is 5.78. The topological polar surface area (TPSA) is 95.9 Å². The summed E-state index contributed by atoms with van der Waals surface area (Å²) in [5.74, 6) is 0.716. The van der Waals surface area contributed by atoms with Crippen molar-refractivity contribution >= 4 is 33.2 Å². The van der Waals surface area contributed by atoms with Crippen LogP contribution < -0.4 is 14.4 Å². The van der Waals surface area contributed by atoms with E-state index in [0.29, 0.717) is 43.2 Å². The van der Waals surface area contributed by atoms with Gasteiger partial charge in [-0.05, 0) is 110 Å². The zero-order chi connectivity index (χ0) is 30.6. The maximum Gasteiger partial charge on any atom is 0.264 e. The molecule has 6 atom stereocenters. The Balaban J connectivity index is 1.28. The van der Waals surface area contributed by atoms with Crippen molar-refractivity contribution in [3.63, 3.8) is 0 Å². The summed E-state index contributed by atoms with van der Waals surface area (Å²) in [5, 5.41) is 11.3. The fraction of sp³-hybridized carbons (Fsp3) is 0.571. The Kier molecular flexibility index (Phi) is 7.99. The van der Waals surface area contributed by atoms with Gasteiger partial charge in [0, 0.05) is 29.1 Å². The lowest BCUT2D eigenvalue weighted by Gasteiger charge is -2.45. The number of hydrogen-bond donors (Lipinski definition) is 2. The first-order valence-electron chi connectivity index (χ1n) is 16.3. The molecule has 0 aromatic heterocycles. The SMILES string of the molecule is CC1C/C=C/C(O)C2CCC2CN2C[C@@]3(CCCc4cc(Cl)ccc43)COc3ccc(cc32)C(=O)NS(=O)(=O)C1CC1CC1. The zero-order valence-electron chi connectivity index (χ0n) is 25.4. The number of rotatable bonds is 2. The fourth-order valence-electron chi connectivity index (χ4n) is 8.15. The summed E-state index contributed by atoms with van der Waals surface area (Å²) in [6, 6.07) is 11.5. The molecule has 0 radical (unpaired) electrons. The minimum absolute atomic E-state index is 0.132. The second kappa shape index (κ2) is 11.7. The first-order valence-corrected chi connectivity index (χ1v) is 18.3. The molecule has 2 bridgehead atoms. The second-order valence-corrected chi connectivity index (χ2v) is 16.4. The van der Waals surface area contributed by atoms with Crippen molar-refractivity contribution in [2.75, 3.05) is 24.6 Å². The van der Waals surface area contributed by atoms with Crippen LogP contribution in [0.4, 0.5) is 5.69 Å². The van der Waals surface area contributed by atoms with E-state index in [1.165, 1.54) is 11.1 Å². The number of anilines is 1. The van der Waals surface area contributed by atoms with Crippen molar-refractivity contribution < 1.29 is 23.1 Å². The van der Waals surface area contributed by atoms with Crippen LogP contribution in [0.25, 0.3) is 0 Å². The molecule has 2 aromatic carbocycles. The predicted octanol–water partition coefficient (Wildman–Crippen LogP) is 6.02.